The molecule has 2 rings (SSSR count). The summed E-state index contributed by atoms with van der Waals surface area (Å²) in [6.45, 7) is 2.60. The third kappa shape index (κ3) is 4.60. The van der Waals surface area contributed by atoms with Gasteiger partial charge in [-0.1, -0.05) is 25.1 Å². The summed E-state index contributed by atoms with van der Waals surface area (Å²) < 4.78 is 18.7. The standard InChI is InChI=1S/C17H17FO2S/c1-2-10-20-17-9-4-3-8-15(17)16(19)12-21-14-7-5-6-13(18)11-14/h3-9,11H,2,10,12H2,1H3. The van der Waals surface area contributed by atoms with E-state index in [0.29, 0.717) is 17.9 Å². The first-order valence-corrected chi connectivity index (χ1v) is 7.82. The van der Waals surface area contributed by atoms with Crippen LogP contribution in [0.4, 0.5) is 4.39 Å². The SMILES string of the molecule is CCCOc1ccccc1C(=O)CSc1cccc(F)c1. The maximum Gasteiger partial charge on any atom is 0.176 e. The minimum absolute atomic E-state index is 0.0176. The lowest BCUT2D eigenvalue weighted by atomic mass is 10.1. The molecule has 4 heteroatoms. The van der Waals surface area contributed by atoms with E-state index < -0.39 is 0 Å². The Morgan fingerprint density at radius 2 is 2.00 bits per heavy atom. The van der Waals surface area contributed by atoms with Gasteiger partial charge in [-0.15, -0.1) is 11.8 Å². The van der Waals surface area contributed by atoms with Crippen LogP contribution in [0.15, 0.2) is 53.4 Å². The van der Waals surface area contributed by atoms with Gasteiger partial charge in [-0.2, -0.15) is 0 Å². The molecule has 0 radical (unpaired) electrons. The van der Waals surface area contributed by atoms with Gasteiger partial charge in [0.2, 0.25) is 0 Å². The first kappa shape index (κ1) is 15.6. The average molecular weight is 304 g/mol. The summed E-state index contributed by atoms with van der Waals surface area (Å²) >= 11 is 1.32. The molecule has 0 N–H and O–H groups in total. The van der Waals surface area contributed by atoms with Gasteiger partial charge in [-0.3, -0.25) is 4.79 Å². The lowest BCUT2D eigenvalue weighted by molar-refractivity contribution is 0.101. The molecule has 21 heavy (non-hydrogen) atoms. The van der Waals surface area contributed by atoms with E-state index in [0.717, 1.165) is 11.3 Å². The molecule has 2 aromatic carbocycles. The number of ketones is 1. The number of thioether (sulfide) groups is 1. The fourth-order valence-electron chi connectivity index (χ4n) is 1.82. The smallest absolute Gasteiger partial charge is 0.176 e. The fraction of sp³-hybridized carbons (Fsp3) is 0.235. The molecule has 0 spiro atoms. The summed E-state index contributed by atoms with van der Waals surface area (Å²) in [5.41, 5.74) is 0.579. The lowest BCUT2D eigenvalue weighted by Crippen LogP contribution is -2.06. The topological polar surface area (TPSA) is 26.3 Å². The molecule has 0 fully saturated rings. The predicted octanol–water partition coefficient (Wildman–Crippen LogP) is 4.59. The molecule has 0 unspecified atom stereocenters. The van der Waals surface area contributed by atoms with Gasteiger partial charge in [-0.05, 0) is 36.8 Å². The first-order valence-electron chi connectivity index (χ1n) is 6.84. The lowest BCUT2D eigenvalue weighted by Gasteiger charge is -2.09. The highest BCUT2D eigenvalue weighted by Gasteiger charge is 2.12. The second kappa shape index (κ2) is 7.84. The highest BCUT2D eigenvalue weighted by molar-refractivity contribution is 8.00. The number of halogens is 1. The van der Waals surface area contributed by atoms with Crippen molar-refractivity contribution in [3.8, 4) is 5.75 Å². The van der Waals surface area contributed by atoms with E-state index in [1.807, 2.05) is 19.1 Å². The number of hydrogen-bond donors (Lipinski definition) is 0. The zero-order chi connectivity index (χ0) is 15.1. The minimum Gasteiger partial charge on any atom is -0.493 e. The summed E-state index contributed by atoms with van der Waals surface area (Å²) in [7, 11) is 0. The minimum atomic E-state index is -0.292. The second-order valence-electron chi connectivity index (χ2n) is 4.51. The summed E-state index contributed by atoms with van der Waals surface area (Å²) in [6.07, 6.45) is 0.889. The van der Waals surface area contributed by atoms with Crippen molar-refractivity contribution in [3.63, 3.8) is 0 Å². The van der Waals surface area contributed by atoms with Gasteiger partial charge >= 0.3 is 0 Å². The van der Waals surface area contributed by atoms with Crippen molar-refractivity contribution >= 4 is 17.5 Å². The molecular weight excluding hydrogens is 287 g/mol. The van der Waals surface area contributed by atoms with Crippen LogP contribution < -0.4 is 4.74 Å². The highest BCUT2D eigenvalue weighted by atomic mass is 32.2. The van der Waals surface area contributed by atoms with Crippen LogP contribution in [0.25, 0.3) is 0 Å². The van der Waals surface area contributed by atoms with Crippen molar-refractivity contribution in [2.75, 3.05) is 12.4 Å². The van der Waals surface area contributed by atoms with Crippen molar-refractivity contribution in [1.29, 1.82) is 0 Å². The predicted molar refractivity (Wildman–Crippen MR) is 83.7 cm³/mol. The van der Waals surface area contributed by atoms with Crippen molar-refractivity contribution in [2.24, 2.45) is 0 Å². The molecule has 0 saturated heterocycles. The third-order valence-electron chi connectivity index (χ3n) is 2.82. The summed E-state index contributed by atoms with van der Waals surface area (Å²) in [5, 5.41) is 0. The van der Waals surface area contributed by atoms with Crippen LogP contribution in [0, 0.1) is 5.82 Å². The van der Waals surface area contributed by atoms with E-state index in [1.165, 1.54) is 23.9 Å². The molecule has 2 aromatic rings. The van der Waals surface area contributed by atoms with Crippen LogP contribution in [0.1, 0.15) is 23.7 Å². The molecule has 0 heterocycles. The first-order chi connectivity index (χ1) is 10.2. The molecular formula is C17H17FO2S. The van der Waals surface area contributed by atoms with Crippen molar-refractivity contribution < 1.29 is 13.9 Å². The van der Waals surface area contributed by atoms with Gasteiger partial charge in [0.05, 0.1) is 17.9 Å². The van der Waals surface area contributed by atoms with E-state index >= 15 is 0 Å². The van der Waals surface area contributed by atoms with Gasteiger partial charge < -0.3 is 4.74 Å². The van der Waals surface area contributed by atoms with E-state index in [2.05, 4.69) is 0 Å². The third-order valence-corrected chi connectivity index (χ3v) is 3.81. The monoisotopic (exact) mass is 304 g/mol. The van der Waals surface area contributed by atoms with E-state index in [-0.39, 0.29) is 17.4 Å². The number of carbonyl (C=O) groups is 1. The number of carbonyl (C=O) groups excluding carboxylic acids is 1. The number of Topliss-reactive ketones (excluding diaryl/α,β-unsaturated/α-hetero) is 1. The largest absolute Gasteiger partial charge is 0.493 e. The van der Waals surface area contributed by atoms with E-state index in [1.54, 1.807) is 24.3 Å². The molecule has 0 amide bonds. The zero-order valence-corrected chi connectivity index (χ0v) is 12.7. The Labute approximate surface area is 128 Å². The van der Waals surface area contributed by atoms with Crippen molar-refractivity contribution in [2.45, 2.75) is 18.2 Å². The van der Waals surface area contributed by atoms with E-state index in [4.69, 9.17) is 4.74 Å². The van der Waals surface area contributed by atoms with Crippen LogP contribution in [0.5, 0.6) is 5.75 Å². The van der Waals surface area contributed by atoms with E-state index in [9.17, 15) is 9.18 Å². The maximum atomic E-state index is 13.1. The van der Waals surface area contributed by atoms with Crippen LogP contribution in [0.2, 0.25) is 0 Å². The molecule has 0 saturated carbocycles. The Hall–Kier alpha value is -1.81. The molecule has 0 bridgehead atoms. The van der Waals surface area contributed by atoms with Crippen LogP contribution in [0.3, 0.4) is 0 Å². The van der Waals surface area contributed by atoms with Crippen LogP contribution in [-0.2, 0) is 0 Å². The van der Waals surface area contributed by atoms with Crippen LogP contribution >= 0.6 is 11.8 Å². The normalized spacial score (nSPS) is 10.4. The molecule has 0 atom stereocenters. The number of ether oxygens (including phenoxy) is 1. The Morgan fingerprint density at radius 1 is 1.19 bits per heavy atom. The maximum absolute atomic E-state index is 13.1. The molecule has 2 nitrogen and oxygen atoms in total. The van der Waals surface area contributed by atoms with Crippen molar-refractivity contribution in [1.82, 2.24) is 0 Å². The Kier molecular flexibility index (Phi) is 5.81. The number of rotatable bonds is 7. The quantitative estimate of drug-likeness (QED) is 0.553. The highest BCUT2D eigenvalue weighted by Crippen LogP contribution is 2.24. The second-order valence-corrected chi connectivity index (χ2v) is 5.56. The Bertz CT molecular complexity index is 613. The molecule has 0 aromatic heterocycles. The van der Waals surface area contributed by atoms with Gasteiger partial charge in [0.25, 0.3) is 0 Å². The number of benzene rings is 2. The fourth-order valence-corrected chi connectivity index (χ4v) is 2.64. The molecule has 0 aliphatic heterocycles. The molecule has 0 aliphatic carbocycles. The van der Waals surface area contributed by atoms with Crippen LogP contribution in [-0.4, -0.2) is 18.1 Å². The Balaban J connectivity index is 2.03. The summed E-state index contributed by atoms with van der Waals surface area (Å²) in [5.74, 6) is 0.565. The van der Waals surface area contributed by atoms with Gasteiger partial charge in [0.15, 0.2) is 5.78 Å². The average Bonchev–Trinajstić information content (AvgIpc) is 2.51. The number of hydrogen-bond acceptors (Lipinski definition) is 3. The van der Waals surface area contributed by atoms with Gasteiger partial charge in [-0.25, -0.2) is 4.39 Å². The summed E-state index contributed by atoms with van der Waals surface area (Å²) in [4.78, 5) is 13.0. The summed E-state index contributed by atoms with van der Waals surface area (Å²) in [6, 6.07) is 13.5. The molecule has 110 valence electrons. The van der Waals surface area contributed by atoms with Crippen molar-refractivity contribution in [3.05, 3.63) is 59.9 Å². The van der Waals surface area contributed by atoms with Gasteiger partial charge in [0, 0.05) is 4.90 Å². The zero-order valence-electron chi connectivity index (χ0n) is 11.8. The van der Waals surface area contributed by atoms with Gasteiger partial charge in [0.1, 0.15) is 11.6 Å². The Morgan fingerprint density at radius 3 is 2.76 bits per heavy atom. The molecule has 0 aliphatic rings. The number of para-hydroxylation sites is 1.